The van der Waals surface area contributed by atoms with Gasteiger partial charge in [0.1, 0.15) is 23.5 Å². The van der Waals surface area contributed by atoms with Crippen LogP contribution in [0.15, 0.2) is 30.3 Å². The minimum Gasteiger partial charge on any atom is -0.435 e. The van der Waals surface area contributed by atoms with E-state index in [1.54, 1.807) is 45.0 Å². The molecule has 1 aromatic carbocycles. The molecule has 2 aliphatic heterocycles. The molecule has 174 valence electrons. The Hall–Kier alpha value is -2.79. The monoisotopic (exact) mass is 465 g/mol. The second kappa shape index (κ2) is 9.37. The lowest BCUT2D eigenvalue weighted by molar-refractivity contribution is -0.180. The molecule has 3 N–H and O–H groups in total. The molecule has 2 fully saturated rings. The summed E-state index contributed by atoms with van der Waals surface area (Å²) in [6, 6.07) is 6.21. The molecule has 0 radical (unpaired) electrons. The van der Waals surface area contributed by atoms with Gasteiger partial charge in [-0.3, -0.25) is 9.59 Å². The van der Waals surface area contributed by atoms with Crippen LogP contribution in [0, 0.1) is 0 Å². The van der Waals surface area contributed by atoms with Crippen molar-refractivity contribution in [3.8, 4) is 0 Å². The maximum absolute atomic E-state index is 12.8. The standard InChI is InChI=1S/C21H27N3O7S/c1-5-29-20(28)31-11(2)30-19(27)15-21(3,4)32-18-14(17(26)24(15)18)23-16(25)13(22)12-9-7-6-8-10-12/h6-11,13-15,18H,5,22H2,1-4H3,(H,23,25)/t11-,13-,14+,15-,18-/m1/s1. The molecule has 2 heterocycles. The van der Waals surface area contributed by atoms with Crippen molar-refractivity contribution in [2.75, 3.05) is 6.61 Å². The Labute approximate surface area is 190 Å². The number of ether oxygens (including phenoxy) is 3. The van der Waals surface area contributed by atoms with E-state index in [1.165, 1.54) is 23.6 Å². The van der Waals surface area contributed by atoms with E-state index >= 15 is 0 Å². The fourth-order valence-corrected chi connectivity index (χ4v) is 5.34. The first-order valence-electron chi connectivity index (χ1n) is 10.2. The van der Waals surface area contributed by atoms with Crippen LogP contribution in [0.5, 0.6) is 0 Å². The third-order valence-electron chi connectivity index (χ3n) is 5.21. The molecule has 5 atom stereocenters. The van der Waals surface area contributed by atoms with Crippen LogP contribution in [0.2, 0.25) is 0 Å². The van der Waals surface area contributed by atoms with Gasteiger partial charge in [0, 0.05) is 11.7 Å². The van der Waals surface area contributed by atoms with Crippen molar-refractivity contribution in [1.82, 2.24) is 10.2 Å². The number of rotatable bonds is 7. The van der Waals surface area contributed by atoms with E-state index in [0.29, 0.717) is 5.56 Å². The zero-order valence-corrected chi connectivity index (χ0v) is 19.1. The Morgan fingerprint density at radius 1 is 1.22 bits per heavy atom. The summed E-state index contributed by atoms with van der Waals surface area (Å²) in [5, 5.41) is 2.26. The summed E-state index contributed by atoms with van der Waals surface area (Å²) in [4.78, 5) is 51.0. The van der Waals surface area contributed by atoms with Gasteiger partial charge in [-0.2, -0.15) is 0 Å². The number of fused-ring (bicyclic) bond motifs is 1. The molecular formula is C21H27N3O7S. The Morgan fingerprint density at radius 2 is 1.88 bits per heavy atom. The van der Waals surface area contributed by atoms with Crippen molar-refractivity contribution >= 4 is 35.7 Å². The fourth-order valence-electron chi connectivity index (χ4n) is 3.72. The van der Waals surface area contributed by atoms with Crippen LogP contribution < -0.4 is 11.1 Å². The number of carbonyl (C=O) groups is 4. The van der Waals surface area contributed by atoms with Crippen LogP contribution in [0.25, 0.3) is 0 Å². The van der Waals surface area contributed by atoms with Crippen molar-refractivity contribution in [3.05, 3.63) is 35.9 Å². The highest BCUT2D eigenvalue weighted by molar-refractivity contribution is 8.01. The summed E-state index contributed by atoms with van der Waals surface area (Å²) in [6.45, 7) is 6.74. The van der Waals surface area contributed by atoms with E-state index in [2.05, 4.69) is 10.1 Å². The minimum absolute atomic E-state index is 0.122. The summed E-state index contributed by atoms with van der Waals surface area (Å²) in [5.41, 5.74) is 6.65. The largest absolute Gasteiger partial charge is 0.511 e. The molecule has 0 aliphatic carbocycles. The van der Waals surface area contributed by atoms with Gasteiger partial charge < -0.3 is 30.2 Å². The van der Waals surface area contributed by atoms with Gasteiger partial charge in [-0.05, 0) is 26.3 Å². The summed E-state index contributed by atoms with van der Waals surface area (Å²) in [5.74, 6) is -1.58. The highest BCUT2D eigenvalue weighted by Gasteiger charge is 2.64. The third kappa shape index (κ3) is 4.68. The van der Waals surface area contributed by atoms with Gasteiger partial charge in [0.05, 0.1) is 6.61 Å². The van der Waals surface area contributed by atoms with E-state index in [0.717, 1.165) is 0 Å². The van der Waals surface area contributed by atoms with E-state index in [1.807, 2.05) is 6.07 Å². The lowest BCUT2D eigenvalue weighted by Gasteiger charge is -2.44. The predicted octanol–water partition coefficient (Wildman–Crippen LogP) is 1.30. The molecule has 32 heavy (non-hydrogen) atoms. The number of β-lactam (4-membered cyclic amide) rings is 1. The number of carbonyl (C=O) groups excluding carboxylic acids is 4. The second-order valence-electron chi connectivity index (χ2n) is 7.94. The topological polar surface area (TPSA) is 137 Å². The summed E-state index contributed by atoms with van der Waals surface area (Å²) >= 11 is 1.38. The first-order valence-corrected chi connectivity index (χ1v) is 11.1. The van der Waals surface area contributed by atoms with Crippen LogP contribution in [0.1, 0.15) is 39.3 Å². The average Bonchev–Trinajstić information content (AvgIpc) is 2.99. The zero-order chi connectivity index (χ0) is 23.6. The van der Waals surface area contributed by atoms with Gasteiger partial charge in [-0.1, -0.05) is 30.3 Å². The smallest absolute Gasteiger partial charge is 0.435 e. The van der Waals surface area contributed by atoms with E-state index in [9.17, 15) is 19.2 Å². The van der Waals surface area contributed by atoms with Gasteiger partial charge in [-0.15, -0.1) is 11.8 Å². The molecule has 11 heteroatoms. The lowest BCUT2D eigenvalue weighted by atomic mass is 9.95. The fraction of sp³-hybridized carbons (Fsp3) is 0.524. The number of benzene rings is 1. The van der Waals surface area contributed by atoms with Crippen molar-refractivity contribution in [1.29, 1.82) is 0 Å². The molecule has 2 aliphatic rings. The molecule has 0 aromatic heterocycles. The van der Waals surface area contributed by atoms with Gasteiger partial charge in [-0.25, -0.2) is 9.59 Å². The Balaban J connectivity index is 1.63. The molecule has 10 nitrogen and oxygen atoms in total. The van der Waals surface area contributed by atoms with Crippen molar-refractivity contribution < 1.29 is 33.4 Å². The summed E-state index contributed by atoms with van der Waals surface area (Å²) < 4.78 is 14.0. The number of thioether (sulfide) groups is 1. The summed E-state index contributed by atoms with van der Waals surface area (Å²) in [7, 11) is 0. The molecule has 0 unspecified atom stereocenters. The second-order valence-corrected chi connectivity index (χ2v) is 9.71. The van der Waals surface area contributed by atoms with Gasteiger partial charge in [0.2, 0.25) is 18.1 Å². The molecule has 0 bridgehead atoms. The lowest BCUT2D eigenvalue weighted by Crippen LogP contribution is -2.71. The Kier molecular flexibility index (Phi) is 6.99. The number of nitrogens with zero attached hydrogens (tertiary/aromatic N) is 1. The molecule has 0 spiro atoms. The Morgan fingerprint density at radius 3 is 2.50 bits per heavy atom. The molecule has 0 saturated carbocycles. The molecule has 2 saturated heterocycles. The number of hydrogen-bond donors (Lipinski definition) is 2. The predicted molar refractivity (Wildman–Crippen MR) is 115 cm³/mol. The van der Waals surface area contributed by atoms with E-state index in [4.69, 9.17) is 15.2 Å². The molecule has 2 amide bonds. The quantitative estimate of drug-likeness (QED) is 0.347. The maximum atomic E-state index is 12.8. The molecular weight excluding hydrogens is 438 g/mol. The number of nitrogens with two attached hydrogens (primary N) is 1. The van der Waals surface area contributed by atoms with Crippen LogP contribution >= 0.6 is 11.8 Å². The number of nitrogens with one attached hydrogen (secondary N) is 1. The maximum Gasteiger partial charge on any atom is 0.511 e. The van der Waals surface area contributed by atoms with Gasteiger partial charge in [0.25, 0.3) is 0 Å². The highest BCUT2D eigenvalue weighted by Crippen LogP contribution is 2.51. The zero-order valence-electron chi connectivity index (χ0n) is 18.3. The van der Waals surface area contributed by atoms with Crippen LogP contribution in [0.3, 0.4) is 0 Å². The normalized spacial score (nSPS) is 25.1. The van der Waals surface area contributed by atoms with Gasteiger partial charge >= 0.3 is 12.1 Å². The Bertz CT molecular complexity index is 895. The van der Waals surface area contributed by atoms with Crippen LogP contribution in [-0.4, -0.2) is 63.9 Å². The SMILES string of the molecule is CCOC(=O)O[C@H](C)OC(=O)[C@H]1N2C(=O)[C@H](NC(=O)[C@H](N)c3ccccc3)[C@H]2SC1(C)C. The van der Waals surface area contributed by atoms with Crippen LogP contribution in [-0.2, 0) is 28.6 Å². The van der Waals surface area contributed by atoms with E-state index < -0.39 is 58.5 Å². The number of amides is 2. The molecule has 1 aromatic rings. The average molecular weight is 466 g/mol. The van der Waals surface area contributed by atoms with Crippen molar-refractivity contribution in [2.24, 2.45) is 5.73 Å². The van der Waals surface area contributed by atoms with Gasteiger partial charge in [0.15, 0.2) is 0 Å². The first kappa shape index (κ1) is 23.9. The van der Waals surface area contributed by atoms with Crippen LogP contribution in [0.4, 0.5) is 4.79 Å². The third-order valence-corrected chi connectivity index (χ3v) is 6.78. The highest BCUT2D eigenvalue weighted by atomic mass is 32.2. The molecule has 3 rings (SSSR count). The number of esters is 1. The number of hydrogen-bond acceptors (Lipinski definition) is 9. The first-order chi connectivity index (χ1) is 15.1. The van der Waals surface area contributed by atoms with E-state index in [-0.39, 0.29) is 6.61 Å². The summed E-state index contributed by atoms with van der Waals surface area (Å²) in [6.07, 6.45) is -2.14. The van der Waals surface area contributed by atoms with Crippen molar-refractivity contribution in [3.63, 3.8) is 0 Å². The van der Waals surface area contributed by atoms with Crippen molar-refractivity contribution in [2.45, 2.75) is 62.2 Å². The minimum atomic E-state index is -1.18.